The molecule has 0 unspecified atom stereocenters. The molecular weight excluding hydrogens is 352 g/mol. The number of benzene rings is 1. The van der Waals surface area contributed by atoms with E-state index in [9.17, 15) is 9.59 Å². The highest BCUT2D eigenvalue weighted by Gasteiger charge is 2.59. The first-order valence-corrected chi connectivity index (χ1v) is 11.1. The van der Waals surface area contributed by atoms with Gasteiger partial charge < -0.3 is 9.47 Å². The van der Waals surface area contributed by atoms with E-state index < -0.39 is 5.41 Å². The molecule has 0 N–H and O–H groups in total. The zero-order valence-electron chi connectivity index (χ0n) is 17.2. The summed E-state index contributed by atoms with van der Waals surface area (Å²) in [6.45, 7) is 2.33. The topological polar surface area (TPSA) is 52.6 Å². The molecule has 2 aliphatic carbocycles. The first-order valence-electron chi connectivity index (χ1n) is 11.1. The van der Waals surface area contributed by atoms with Crippen LogP contribution in [0.15, 0.2) is 30.3 Å². The summed E-state index contributed by atoms with van der Waals surface area (Å²) >= 11 is 0. The predicted molar refractivity (Wildman–Crippen MR) is 108 cm³/mol. The summed E-state index contributed by atoms with van der Waals surface area (Å²) in [7, 11) is 0. The van der Waals surface area contributed by atoms with Crippen molar-refractivity contribution in [2.75, 3.05) is 6.61 Å². The maximum absolute atomic E-state index is 13.6. The van der Waals surface area contributed by atoms with Gasteiger partial charge in [0.25, 0.3) is 0 Å². The molecule has 0 amide bonds. The molecule has 1 aromatic carbocycles. The van der Waals surface area contributed by atoms with Crippen LogP contribution in [0, 0.1) is 17.3 Å². The number of hydrogen-bond donors (Lipinski definition) is 0. The molecule has 0 aromatic heterocycles. The van der Waals surface area contributed by atoms with Crippen molar-refractivity contribution < 1.29 is 19.1 Å². The highest BCUT2D eigenvalue weighted by Crippen LogP contribution is 2.50. The maximum Gasteiger partial charge on any atom is 0.324 e. The predicted octanol–water partition coefficient (Wildman–Crippen LogP) is 5.44. The number of ether oxygens (including phenoxy) is 2. The molecule has 0 saturated heterocycles. The molecular formula is C24H34O4. The summed E-state index contributed by atoms with van der Waals surface area (Å²) in [4.78, 5) is 27.0. The van der Waals surface area contributed by atoms with E-state index in [0.717, 1.165) is 56.9 Å². The molecule has 0 heterocycles. The van der Waals surface area contributed by atoms with Crippen molar-refractivity contribution in [3.63, 3.8) is 0 Å². The molecule has 28 heavy (non-hydrogen) atoms. The third-order valence-electron chi connectivity index (χ3n) is 6.66. The second kappa shape index (κ2) is 10.1. The van der Waals surface area contributed by atoms with Crippen molar-refractivity contribution >= 4 is 11.9 Å². The van der Waals surface area contributed by atoms with Crippen molar-refractivity contribution in [3.8, 4) is 0 Å². The van der Waals surface area contributed by atoms with E-state index in [0.29, 0.717) is 6.61 Å². The Labute approximate surface area is 169 Å². The van der Waals surface area contributed by atoms with Gasteiger partial charge in [-0.3, -0.25) is 9.59 Å². The van der Waals surface area contributed by atoms with Crippen molar-refractivity contribution in [2.45, 2.75) is 77.7 Å². The Morgan fingerprint density at radius 2 is 1.32 bits per heavy atom. The number of esters is 2. The van der Waals surface area contributed by atoms with Crippen LogP contribution in [0.25, 0.3) is 0 Å². The summed E-state index contributed by atoms with van der Waals surface area (Å²) in [5.74, 6) is -0.626. The number of carbonyl (C=O) groups excluding carboxylic acids is 2. The van der Waals surface area contributed by atoms with E-state index in [-0.39, 0.29) is 30.4 Å². The van der Waals surface area contributed by atoms with Crippen LogP contribution in [0.2, 0.25) is 0 Å². The first-order chi connectivity index (χ1) is 13.7. The minimum absolute atomic E-state index is 0.0340. The zero-order valence-corrected chi connectivity index (χ0v) is 17.2. The van der Waals surface area contributed by atoms with Crippen LogP contribution in [0.1, 0.15) is 76.7 Å². The molecule has 0 bridgehead atoms. The van der Waals surface area contributed by atoms with Gasteiger partial charge in [0, 0.05) is 0 Å². The van der Waals surface area contributed by atoms with Crippen molar-refractivity contribution in [1.29, 1.82) is 0 Å². The average Bonchev–Trinajstić information content (AvgIpc) is 2.75. The lowest BCUT2D eigenvalue weighted by Crippen LogP contribution is -2.54. The van der Waals surface area contributed by atoms with Crippen LogP contribution < -0.4 is 0 Å². The van der Waals surface area contributed by atoms with Crippen LogP contribution in [0.5, 0.6) is 0 Å². The monoisotopic (exact) mass is 386 g/mol. The molecule has 3 rings (SSSR count). The maximum atomic E-state index is 13.6. The summed E-state index contributed by atoms with van der Waals surface area (Å²) in [6, 6.07) is 9.70. The second-order valence-corrected chi connectivity index (χ2v) is 8.32. The lowest BCUT2D eigenvalue weighted by Gasteiger charge is -2.44. The Balaban J connectivity index is 1.91. The van der Waals surface area contributed by atoms with Crippen molar-refractivity contribution in [1.82, 2.24) is 0 Å². The zero-order chi connectivity index (χ0) is 19.8. The fraction of sp³-hybridized carbons (Fsp3) is 0.667. The summed E-state index contributed by atoms with van der Waals surface area (Å²) < 4.78 is 11.4. The fourth-order valence-corrected chi connectivity index (χ4v) is 5.29. The molecule has 0 atom stereocenters. The van der Waals surface area contributed by atoms with Gasteiger partial charge in [-0.2, -0.15) is 0 Å². The molecule has 0 aliphatic heterocycles. The smallest absolute Gasteiger partial charge is 0.324 e. The normalized spacial score (nSPS) is 19.2. The average molecular weight is 387 g/mol. The van der Waals surface area contributed by atoms with Crippen LogP contribution in [0.4, 0.5) is 0 Å². The lowest BCUT2D eigenvalue weighted by atomic mass is 9.58. The molecule has 2 saturated carbocycles. The molecule has 0 spiro atoms. The Bertz CT molecular complexity index is 609. The minimum Gasteiger partial charge on any atom is -0.465 e. The largest absolute Gasteiger partial charge is 0.465 e. The van der Waals surface area contributed by atoms with Crippen molar-refractivity contribution in [3.05, 3.63) is 35.9 Å². The highest BCUT2D eigenvalue weighted by atomic mass is 16.6. The van der Waals surface area contributed by atoms with Gasteiger partial charge in [0.05, 0.1) is 6.61 Å². The Kier molecular flexibility index (Phi) is 7.52. The van der Waals surface area contributed by atoms with Gasteiger partial charge >= 0.3 is 11.9 Å². The van der Waals surface area contributed by atoms with Crippen molar-refractivity contribution in [2.24, 2.45) is 17.3 Å². The molecule has 4 nitrogen and oxygen atoms in total. The Morgan fingerprint density at radius 3 is 1.82 bits per heavy atom. The fourth-order valence-electron chi connectivity index (χ4n) is 5.29. The van der Waals surface area contributed by atoms with E-state index in [2.05, 4.69) is 0 Å². The van der Waals surface area contributed by atoms with E-state index >= 15 is 0 Å². The minimum atomic E-state index is -1.13. The third-order valence-corrected chi connectivity index (χ3v) is 6.66. The molecule has 0 radical (unpaired) electrons. The van der Waals surface area contributed by atoms with E-state index in [1.165, 1.54) is 12.8 Å². The molecule has 154 valence electrons. The Morgan fingerprint density at radius 1 is 0.821 bits per heavy atom. The first kappa shape index (κ1) is 20.9. The molecule has 1 aromatic rings. The SMILES string of the molecule is CCOC(=O)C(C(=O)OCc1ccccc1)(C1CCCCC1)C1CCCCC1. The standard InChI is InChI=1S/C24H34O4/c1-2-27-22(25)24(20-14-8-4-9-15-20,21-16-10-5-11-17-21)23(26)28-18-19-12-6-3-7-13-19/h3,6-7,12-13,20-21H,2,4-5,8-11,14-18H2,1H3. The number of carbonyl (C=O) groups is 2. The Hall–Kier alpha value is -1.84. The van der Waals surface area contributed by atoms with Gasteiger partial charge in [0.1, 0.15) is 6.61 Å². The van der Waals surface area contributed by atoms with Crippen LogP contribution in [0.3, 0.4) is 0 Å². The van der Waals surface area contributed by atoms with E-state index in [1.54, 1.807) is 0 Å². The van der Waals surface area contributed by atoms with Gasteiger partial charge in [0.15, 0.2) is 5.41 Å². The summed E-state index contributed by atoms with van der Waals surface area (Å²) in [5.41, 5.74) is -0.188. The van der Waals surface area contributed by atoms with Gasteiger partial charge in [0.2, 0.25) is 0 Å². The molecule has 2 fully saturated rings. The quantitative estimate of drug-likeness (QED) is 0.462. The van der Waals surface area contributed by atoms with Gasteiger partial charge in [-0.05, 0) is 50.0 Å². The van der Waals surface area contributed by atoms with Gasteiger partial charge in [-0.15, -0.1) is 0 Å². The highest BCUT2D eigenvalue weighted by molar-refractivity contribution is 6.01. The molecule has 4 heteroatoms. The summed E-state index contributed by atoms with van der Waals surface area (Å²) in [6.07, 6.45) is 10.3. The summed E-state index contributed by atoms with van der Waals surface area (Å²) in [5, 5.41) is 0. The number of rotatable bonds is 7. The van der Waals surface area contributed by atoms with Crippen LogP contribution in [-0.2, 0) is 25.7 Å². The van der Waals surface area contributed by atoms with Crippen LogP contribution >= 0.6 is 0 Å². The van der Waals surface area contributed by atoms with E-state index in [4.69, 9.17) is 9.47 Å². The van der Waals surface area contributed by atoms with Gasteiger partial charge in [-0.25, -0.2) is 0 Å². The lowest BCUT2D eigenvalue weighted by molar-refractivity contribution is -0.186. The van der Waals surface area contributed by atoms with Crippen LogP contribution in [-0.4, -0.2) is 18.5 Å². The van der Waals surface area contributed by atoms with Gasteiger partial charge in [-0.1, -0.05) is 68.9 Å². The molecule has 2 aliphatic rings. The second-order valence-electron chi connectivity index (χ2n) is 8.32. The number of hydrogen-bond acceptors (Lipinski definition) is 4. The van der Waals surface area contributed by atoms with E-state index in [1.807, 2.05) is 37.3 Å². The third kappa shape index (κ3) is 4.42.